The lowest BCUT2D eigenvalue weighted by atomic mass is 9.81. The van der Waals surface area contributed by atoms with E-state index in [2.05, 4.69) is 22.4 Å². The summed E-state index contributed by atoms with van der Waals surface area (Å²) in [6.45, 7) is 4.25. The number of nitrogens with one attached hydrogen (secondary N) is 1. The average Bonchev–Trinajstić information content (AvgIpc) is 3.01. The van der Waals surface area contributed by atoms with E-state index in [1.54, 1.807) is 11.3 Å². The first-order valence-electron chi connectivity index (χ1n) is 5.87. The van der Waals surface area contributed by atoms with Gasteiger partial charge in [0.1, 0.15) is 0 Å². The predicted octanol–water partition coefficient (Wildman–Crippen LogP) is 2.44. The Morgan fingerprint density at radius 2 is 2.24 bits per heavy atom. The van der Waals surface area contributed by atoms with Crippen molar-refractivity contribution in [3.8, 4) is 10.7 Å². The highest BCUT2D eigenvalue weighted by Gasteiger charge is 2.34. The summed E-state index contributed by atoms with van der Waals surface area (Å²) < 4.78 is 5.45. The van der Waals surface area contributed by atoms with E-state index in [0.29, 0.717) is 0 Å². The molecule has 1 aliphatic rings. The lowest BCUT2D eigenvalue weighted by molar-refractivity contribution is 0.241. The van der Waals surface area contributed by atoms with E-state index in [0.717, 1.165) is 42.5 Å². The molecule has 0 aliphatic carbocycles. The van der Waals surface area contributed by atoms with E-state index in [9.17, 15) is 0 Å². The monoisotopic (exact) mass is 249 g/mol. The number of piperidine rings is 1. The Labute approximate surface area is 104 Å². The van der Waals surface area contributed by atoms with E-state index < -0.39 is 0 Å². The van der Waals surface area contributed by atoms with Crippen molar-refractivity contribution in [2.24, 2.45) is 0 Å². The maximum Gasteiger partial charge on any atom is 0.233 e. The molecule has 3 heterocycles. The molecular formula is C12H15N3OS. The van der Waals surface area contributed by atoms with Gasteiger partial charge in [0.15, 0.2) is 0 Å². The van der Waals surface area contributed by atoms with Crippen molar-refractivity contribution in [2.75, 3.05) is 13.1 Å². The third-order valence-electron chi connectivity index (χ3n) is 3.39. The third-order valence-corrected chi connectivity index (χ3v) is 4.26. The molecule has 2 aromatic heterocycles. The van der Waals surface area contributed by atoms with Gasteiger partial charge in [-0.2, -0.15) is 4.98 Å². The highest BCUT2D eigenvalue weighted by Crippen LogP contribution is 2.33. The zero-order valence-electron chi connectivity index (χ0n) is 9.77. The molecule has 0 saturated carbocycles. The first-order chi connectivity index (χ1) is 8.28. The molecule has 1 N–H and O–H groups in total. The lowest BCUT2D eigenvalue weighted by Gasteiger charge is -2.30. The van der Waals surface area contributed by atoms with Gasteiger partial charge in [-0.3, -0.25) is 0 Å². The average molecular weight is 249 g/mol. The number of thiophene rings is 1. The van der Waals surface area contributed by atoms with Crippen molar-refractivity contribution in [2.45, 2.75) is 25.2 Å². The number of aromatic nitrogens is 2. The Morgan fingerprint density at radius 3 is 2.94 bits per heavy atom. The highest BCUT2D eigenvalue weighted by atomic mass is 32.1. The molecule has 2 aromatic rings. The van der Waals surface area contributed by atoms with Crippen molar-refractivity contribution in [3.05, 3.63) is 23.4 Å². The van der Waals surface area contributed by atoms with Crippen LogP contribution >= 0.6 is 11.3 Å². The molecule has 5 heteroatoms. The van der Waals surface area contributed by atoms with Crippen molar-refractivity contribution in [3.63, 3.8) is 0 Å². The number of hydrogen-bond donors (Lipinski definition) is 1. The van der Waals surface area contributed by atoms with Gasteiger partial charge in [0.2, 0.25) is 11.7 Å². The van der Waals surface area contributed by atoms with Crippen LogP contribution in [0.15, 0.2) is 22.0 Å². The first-order valence-corrected chi connectivity index (χ1v) is 6.75. The Kier molecular flexibility index (Phi) is 2.72. The Morgan fingerprint density at radius 1 is 1.41 bits per heavy atom. The maximum absolute atomic E-state index is 5.45. The molecule has 0 radical (unpaired) electrons. The summed E-state index contributed by atoms with van der Waals surface area (Å²) in [5.41, 5.74) is 0.0355. The maximum atomic E-state index is 5.45. The van der Waals surface area contributed by atoms with Gasteiger partial charge in [-0.05, 0) is 37.4 Å². The first kappa shape index (κ1) is 10.9. The molecule has 0 aromatic carbocycles. The topological polar surface area (TPSA) is 51.0 Å². The van der Waals surface area contributed by atoms with Gasteiger partial charge in [-0.15, -0.1) is 11.3 Å². The SMILES string of the molecule is CC1(c2nc(-c3cccs3)no2)CCNCC1. The minimum absolute atomic E-state index is 0.0355. The molecule has 1 aliphatic heterocycles. The molecule has 0 bridgehead atoms. The second kappa shape index (κ2) is 4.23. The van der Waals surface area contributed by atoms with Gasteiger partial charge in [0.25, 0.3) is 0 Å². The largest absolute Gasteiger partial charge is 0.338 e. The van der Waals surface area contributed by atoms with E-state index in [1.165, 1.54) is 0 Å². The van der Waals surface area contributed by atoms with Gasteiger partial charge in [-0.25, -0.2) is 0 Å². The summed E-state index contributed by atoms with van der Waals surface area (Å²) in [6.07, 6.45) is 2.11. The number of rotatable bonds is 2. The third kappa shape index (κ3) is 2.00. The smallest absolute Gasteiger partial charge is 0.233 e. The van der Waals surface area contributed by atoms with Gasteiger partial charge in [0, 0.05) is 5.41 Å². The summed E-state index contributed by atoms with van der Waals surface area (Å²) in [6, 6.07) is 4.02. The molecule has 0 atom stereocenters. The van der Waals surface area contributed by atoms with Crippen LogP contribution in [0, 0.1) is 0 Å². The zero-order valence-corrected chi connectivity index (χ0v) is 10.6. The molecule has 90 valence electrons. The van der Waals surface area contributed by atoms with Gasteiger partial charge in [-0.1, -0.05) is 18.1 Å². The van der Waals surface area contributed by atoms with Crippen LogP contribution in [-0.4, -0.2) is 23.2 Å². The second-order valence-corrected chi connectivity index (χ2v) is 5.66. The molecule has 0 unspecified atom stereocenters. The van der Waals surface area contributed by atoms with Crippen molar-refractivity contribution < 1.29 is 4.52 Å². The number of hydrogen-bond acceptors (Lipinski definition) is 5. The summed E-state index contributed by atoms with van der Waals surface area (Å²) in [4.78, 5) is 5.62. The fourth-order valence-electron chi connectivity index (χ4n) is 2.17. The summed E-state index contributed by atoms with van der Waals surface area (Å²) in [7, 11) is 0. The highest BCUT2D eigenvalue weighted by molar-refractivity contribution is 7.13. The lowest BCUT2D eigenvalue weighted by Crippen LogP contribution is -2.37. The Bertz CT molecular complexity index is 486. The van der Waals surface area contributed by atoms with Crippen molar-refractivity contribution in [1.82, 2.24) is 15.5 Å². The quantitative estimate of drug-likeness (QED) is 0.888. The van der Waals surface area contributed by atoms with Crippen LogP contribution in [0.1, 0.15) is 25.7 Å². The fraction of sp³-hybridized carbons (Fsp3) is 0.500. The number of nitrogens with zero attached hydrogens (tertiary/aromatic N) is 2. The van der Waals surface area contributed by atoms with Crippen LogP contribution in [0.2, 0.25) is 0 Å². The van der Waals surface area contributed by atoms with E-state index in [1.807, 2.05) is 17.5 Å². The van der Waals surface area contributed by atoms with E-state index >= 15 is 0 Å². The van der Waals surface area contributed by atoms with Gasteiger partial charge >= 0.3 is 0 Å². The van der Waals surface area contributed by atoms with Gasteiger partial charge < -0.3 is 9.84 Å². The summed E-state index contributed by atoms with van der Waals surface area (Å²) in [5.74, 6) is 1.50. The van der Waals surface area contributed by atoms with Crippen LogP contribution in [0.5, 0.6) is 0 Å². The van der Waals surface area contributed by atoms with Crippen LogP contribution in [0.25, 0.3) is 10.7 Å². The summed E-state index contributed by atoms with van der Waals surface area (Å²) >= 11 is 1.64. The normalized spacial score (nSPS) is 19.4. The molecule has 3 rings (SSSR count). The van der Waals surface area contributed by atoms with Crippen LogP contribution in [-0.2, 0) is 5.41 Å². The molecule has 0 spiro atoms. The van der Waals surface area contributed by atoms with Gasteiger partial charge in [0.05, 0.1) is 4.88 Å². The van der Waals surface area contributed by atoms with Crippen molar-refractivity contribution >= 4 is 11.3 Å². The molecular weight excluding hydrogens is 234 g/mol. The fourth-order valence-corrected chi connectivity index (χ4v) is 2.82. The molecule has 4 nitrogen and oxygen atoms in total. The Balaban J connectivity index is 1.89. The standard InChI is InChI=1S/C12H15N3OS/c1-12(4-6-13-7-5-12)11-14-10(15-16-11)9-3-2-8-17-9/h2-3,8,13H,4-7H2,1H3. The van der Waals surface area contributed by atoms with Crippen LogP contribution < -0.4 is 5.32 Å². The van der Waals surface area contributed by atoms with E-state index in [4.69, 9.17) is 4.52 Å². The van der Waals surface area contributed by atoms with Crippen LogP contribution in [0.4, 0.5) is 0 Å². The predicted molar refractivity (Wildman–Crippen MR) is 67.1 cm³/mol. The molecule has 1 fully saturated rings. The van der Waals surface area contributed by atoms with E-state index in [-0.39, 0.29) is 5.41 Å². The second-order valence-electron chi connectivity index (χ2n) is 4.71. The molecule has 1 saturated heterocycles. The molecule has 17 heavy (non-hydrogen) atoms. The zero-order chi connectivity index (χ0) is 11.7. The molecule has 0 amide bonds. The minimum Gasteiger partial charge on any atom is -0.338 e. The van der Waals surface area contributed by atoms with Crippen molar-refractivity contribution in [1.29, 1.82) is 0 Å². The van der Waals surface area contributed by atoms with Crippen LogP contribution in [0.3, 0.4) is 0 Å². The minimum atomic E-state index is 0.0355. The Hall–Kier alpha value is -1.20. The summed E-state index contributed by atoms with van der Waals surface area (Å²) in [5, 5.41) is 9.46.